The Kier molecular flexibility index (Phi) is 4.93. The SMILES string of the molecule is CC(C)(C)C(CC(=O)O)NC(=O)C1CC=CCC1. The average Bonchev–Trinajstić information content (AvgIpc) is 2.27. The maximum atomic E-state index is 12.1. The van der Waals surface area contributed by atoms with E-state index in [1.54, 1.807) is 0 Å². The Labute approximate surface area is 108 Å². The lowest BCUT2D eigenvalue weighted by Crippen LogP contribution is -2.47. The highest BCUT2D eigenvalue weighted by molar-refractivity contribution is 5.80. The molecule has 0 saturated carbocycles. The summed E-state index contributed by atoms with van der Waals surface area (Å²) in [5.74, 6) is -0.895. The van der Waals surface area contributed by atoms with Crippen molar-refractivity contribution in [2.75, 3.05) is 0 Å². The third-order valence-corrected chi connectivity index (χ3v) is 3.38. The fourth-order valence-electron chi connectivity index (χ4n) is 2.07. The second-order valence-electron chi connectivity index (χ2n) is 6.01. The van der Waals surface area contributed by atoms with Crippen molar-refractivity contribution in [3.05, 3.63) is 12.2 Å². The second kappa shape index (κ2) is 6.03. The zero-order valence-electron chi connectivity index (χ0n) is 11.4. The van der Waals surface area contributed by atoms with Crippen LogP contribution in [0.4, 0.5) is 0 Å². The van der Waals surface area contributed by atoms with Crippen molar-refractivity contribution in [2.45, 2.75) is 52.5 Å². The van der Waals surface area contributed by atoms with E-state index >= 15 is 0 Å². The molecule has 0 bridgehead atoms. The van der Waals surface area contributed by atoms with E-state index in [0.29, 0.717) is 0 Å². The van der Waals surface area contributed by atoms with Gasteiger partial charge in [0.15, 0.2) is 0 Å². The predicted molar refractivity (Wildman–Crippen MR) is 70.1 cm³/mol. The van der Waals surface area contributed by atoms with Crippen molar-refractivity contribution in [2.24, 2.45) is 11.3 Å². The van der Waals surface area contributed by atoms with Crippen molar-refractivity contribution in [3.63, 3.8) is 0 Å². The number of hydrogen-bond acceptors (Lipinski definition) is 2. The van der Waals surface area contributed by atoms with E-state index in [1.807, 2.05) is 26.8 Å². The van der Waals surface area contributed by atoms with Gasteiger partial charge in [-0.25, -0.2) is 0 Å². The Bertz CT molecular complexity index is 341. The normalized spacial score (nSPS) is 21.4. The number of rotatable bonds is 4. The molecular formula is C14H23NO3. The topological polar surface area (TPSA) is 66.4 Å². The lowest BCUT2D eigenvalue weighted by Gasteiger charge is -2.32. The van der Waals surface area contributed by atoms with Crippen LogP contribution in [0, 0.1) is 11.3 Å². The molecule has 0 spiro atoms. The van der Waals surface area contributed by atoms with Gasteiger partial charge in [0.1, 0.15) is 0 Å². The van der Waals surface area contributed by atoms with Crippen LogP contribution in [0.2, 0.25) is 0 Å². The molecule has 0 saturated heterocycles. The molecule has 1 amide bonds. The lowest BCUT2D eigenvalue weighted by atomic mass is 9.84. The van der Waals surface area contributed by atoms with Gasteiger partial charge in [0.2, 0.25) is 5.91 Å². The Balaban J connectivity index is 2.62. The number of carbonyl (C=O) groups is 2. The molecule has 4 heteroatoms. The number of amides is 1. The number of nitrogens with one attached hydrogen (secondary N) is 1. The van der Waals surface area contributed by atoms with Crippen LogP contribution in [-0.4, -0.2) is 23.0 Å². The fraction of sp³-hybridized carbons (Fsp3) is 0.714. The summed E-state index contributed by atoms with van der Waals surface area (Å²) in [5.41, 5.74) is -0.251. The molecule has 0 fully saturated rings. The molecular weight excluding hydrogens is 230 g/mol. The van der Waals surface area contributed by atoms with Gasteiger partial charge in [-0.3, -0.25) is 9.59 Å². The van der Waals surface area contributed by atoms with Crippen LogP contribution in [0.3, 0.4) is 0 Å². The summed E-state index contributed by atoms with van der Waals surface area (Å²) in [6, 6.07) is -0.326. The van der Waals surface area contributed by atoms with Crippen molar-refractivity contribution < 1.29 is 14.7 Å². The van der Waals surface area contributed by atoms with E-state index in [-0.39, 0.29) is 29.7 Å². The molecule has 2 N–H and O–H groups in total. The maximum absolute atomic E-state index is 12.1. The standard InChI is InChI=1S/C14H23NO3/c1-14(2,3)11(9-12(16)17)15-13(18)10-7-5-4-6-8-10/h4-5,10-11H,6-9H2,1-3H3,(H,15,18)(H,16,17). The van der Waals surface area contributed by atoms with Crippen LogP contribution in [0.15, 0.2) is 12.2 Å². The summed E-state index contributed by atoms with van der Waals surface area (Å²) < 4.78 is 0. The van der Waals surface area contributed by atoms with Crippen molar-refractivity contribution in [1.82, 2.24) is 5.32 Å². The molecule has 1 aliphatic carbocycles. The second-order valence-corrected chi connectivity index (χ2v) is 6.01. The zero-order chi connectivity index (χ0) is 13.8. The molecule has 0 radical (unpaired) electrons. The van der Waals surface area contributed by atoms with E-state index in [2.05, 4.69) is 11.4 Å². The molecule has 0 heterocycles. The molecule has 0 aliphatic heterocycles. The van der Waals surface area contributed by atoms with Gasteiger partial charge in [0.25, 0.3) is 0 Å². The third-order valence-electron chi connectivity index (χ3n) is 3.38. The predicted octanol–water partition coefficient (Wildman–Crippen LogP) is 2.35. The summed E-state index contributed by atoms with van der Waals surface area (Å²) >= 11 is 0. The van der Waals surface area contributed by atoms with Crippen LogP contribution < -0.4 is 5.32 Å². The Hall–Kier alpha value is -1.32. The molecule has 0 aromatic rings. The first kappa shape index (κ1) is 14.7. The van der Waals surface area contributed by atoms with Gasteiger partial charge in [0.05, 0.1) is 6.42 Å². The highest BCUT2D eigenvalue weighted by Gasteiger charge is 2.30. The highest BCUT2D eigenvalue weighted by Crippen LogP contribution is 2.24. The molecule has 0 aromatic carbocycles. The largest absolute Gasteiger partial charge is 0.481 e. The Morgan fingerprint density at radius 1 is 1.39 bits per heavy atom. The number of aliphatic carboxylic acids is 1. The van der Waals surface area contributed by atoms with Gasteiger partial charge in [-0.2, -0.15) is 0 Å². The first-order valence-electron chi connectivity index (χ1n) is 6.48. The summed E-state index contributed by atoms with van der Waals surface area (Å²) in [6.07, 6.45) is 6.62. The van der Waals surface area contributed by atoms with E-state index < -0.39 is 5.97 Å². The zero-order valence-corrected chi connectivity index (χ0v) is 11.4. The van der Waals surface area contributed by atoms with Gasteiger partial charge >= 0.3 is 5.97 Å². The first-order chi connectivity index (χ1) is 8.30. The molecule has 1 aliphatic rings. The molecule has 1 rings (SSSR count). The van der Waals surface area contributed by atoms with Crippen LogP contribution in [0.1, 0.15) is 46.5 Å². The minimum atomic E-state index is -0.876. The number of carboxylic acids is 1. The van der Waals surface area contributed by atoms with Gasteiger partial charge in [-0.1, -0.05) is 32.9 Å². The highest BCUT2D eigenvalue weighted by atomic mass is 16.4. The van der Waals surface area contributed by atoms with Crippen molar-refractivity contribution in [1.29, 1.82) is 0 Å². The third kappa shape index (κ3) is 4.51. The van der Waals surface area contributed by atoms with Crippen LogP contribution >= 0.6 is 0 Å². The number of allylic oxidation sites excluding steroid dienone is 2. The molecule has 102 valence electrons. The summed E-state index contributed by atoms with van der Waals surface area (Å²) in [5, 5.41) is 11.8. The van der Waals surface area contributed by atoms with Gasteiger partial charge in [0, 0.05) is 12.0 Å². The van der Waals surface area contributed by atoms with Crippen molar-refractivity contribution in [3.8, 4) is 0 Å². The summed E-state index contributed by atoms with van der Waals surface area (Å²) in [6.45, 7) is 5.84. The number of carbonyl (C=O) groups excluding carboxylic acids is 1. The fourth-order valence-corrected chi connectivity index (χ4v) is 2.07. The summed E-state index contributed by atoms with van der Waals surface area (Å²) in [4.78, 5) is 23.0. The van der Waals surface area contributed by atoms with Crippen LogP contribution in [0.25, 0.3) is 0 Å². The quantitative estimate of drug-likeness (QED) is 0.756. The van der Waals surface area contributed by atoms with Gasteiger partial charge in [-0.15, -0.1) is 0 Å². The minimum Gasteiger partial charge on any atom is -0.481 e. The average molecular weight is 253 g/mol. The minimum absolute atomic E-state index is 0.00588. The number of hydrogen-bond donors (Lipinski definition) is 2. The van der Waals surface area contributed by atoms with Gasteiger partial charge < -0.3 is 10.4 Å². The van der Waals surface area contributed by atoms with E-state index in [4.69, 9.17) is 5.11 Å². The maximum Gasteiger partial charge on any atom is 0.305 e. The monoisotopic (exact) mass is 253 g/mol. The number of carboxylic acid groups (broad SMARTS) is 1. The molecule has 18 heavy (non-hydrogen) atoms. The first-order valence-corrected chi connectivity index (χ1v) is 6.48. The Morgan fingerprint density at radius 2 is 2.06 bits per heavy atom. The van der Waals surface area contributed by atoms with E-state index in [9.17, 15) is 9.59 Å². The molecule has 2 unspecified atom stereocenters. The van der Waals surface area contributed by atoms with E-state index in [0.717, 1.165) is 19.3 Å². The molecule has 2 atom stereocenters. The van der Waals surface area contributed by atoms with Crippen LogP contribution in [0.5, 0.6) is 0 Å². The van der Waals surface area contributed by atoms with Gasteiger partial charge in [-0.05, 0) is 24.7 Å². The smallest absolute Gasteiger partial charge is 0.305 e. The Morgan fingerprint density at radius 3 is 2.50 bits per heavy atom. The summed E-state index contributed by atoms with van der Waals surface area (Å²) in [7, 11) is 0. The van der Waals surface area contributed by atoms with E-state index in [1.165, 1.54) is 0 Å². The van der Waals surface area contributed by atoms with Crippen LogP contribution in [-0.2, 0) is 9.59 Å². The molecule has 0 aromatic heterocycles. The molecule has 4 nitrogen and oxygen atoms in total. The lowest BCUT2D eigenvalue weighted by molar-refractivity contribution is -0.138. The van der Waals surface area contributed by atoms with Crippen molar-refractivity contribution >= 4 is 11.9 Å².